The van der Waals surface area contributed by atoms with Gasteiger partial charge in [-0.05, 0) is 53.9 Å². The maximum Gasteiger partial charge on any atom is 0.491 e. The number of hydrogen-bond donors (Lipinski definition) is 2. The molecule has 3 rings (SSSR count). The quantitative estimate of drug-likeness (QED) is 0.472. The summed E-state index contributed by atoms with van der Waals surface area (Å²) in [5.41, 5.74) is 3.33. The van der Waals surface area contributed by atoms with E-state index in [1.54, 1.807) is 54.7 Å². The number of halogens is 1. The maximum absolute atomic E-state index is 12.6. The van der Waals surface area contributed by atoms with Gasteiger partial charge in [0, 0.05) is 25.6 Å². The molecule has 0 bridgehead atoms. The van der Waals surface area contributed by atoms with Crippen LogP contribution in [0.1, 0.15) is 15.9 Å². The molecule has 2 aromatic carbocycles. The Hall–Kier alpha value is -2.61. The predicted octanol–water partition coefficient (Wildman–Crippen LogP) is 2.46. The largest absolute Gasteiger partial charge is 0.491 e. The van der Waals surface area contributed by atoms with Crippen LogP contribution in [0.4, 0.5) is 11.4 Å². The van der Waals surface area contributed by atoms with Crippen molar-refractivity contribution in [1.29, 1.82) is 0 Å². The van der Waals surface area contributed by atoms with Crippen molar-refractivity contribution in [2.75, 3.05) is 24.0 Å². The van der Waals surface area contributed by atoms with Gasteiger partial charge < -0.3 is 15.0 Å². The Kier molecular flexibility index (Phi) is 5.96. The zero-order chi connectivity index (χ0) is 19.4. The molecule has 2 aromatic rings. The predicted molar refractivity (Wildman–Crippen MR) is 110 cm³/mol. The summed E-state index contributed by atoms with van der Waals surface area (Å²) < 4.78 is 5.23. The minimum Gasteiger partial charge on any atom is -0.423 e. The SMILES string of the molecule is C=CC=NN(C)c1ccc(C(=O)Nc2ccc3c(c2)B(O)OCC3)c(Cl)c1. The van der Waals surface area contributed by atoms with Gasteiger partial charge in [-0.3, -0.25) is 9.80 Å². The molecule has 0 spiro atoms. The van der Waals surface area contributed by atoms with Crippen molar-refractivity contribution in [3.8, 4) is 0 Å². The molecule has 138 valence electrons. The fourth-order valence-electron chi connectivity index (χ4n) is 2.80. The van der Waals surface area contributed by atoms with E-state index in [0.717, 1.165) is 17.7 Å². The molecule has 0 fully saturated rings. The van der Waals surface area contributed by atoms with Gasteiger partial charge in [0.05, 0.1) is 16.3 Å². The minimum atomic E-state index is -0.972. The van der Waals surface area contributed by atoms with E-state index in [1.165, 1.54) is 0 Å². The number of carbonyl (C=O) groups is 1. The minimum absolute atomic E-state index is 0.312. The van der Waals surface area contributed by atoms with Crippen molar-refractivity contribution in [2.24, 2.45) is 5.10 Å². The first-order chi connectivity index (χ1) is 13.0. The summed E-state index contributed by atoms with van der Waals surface area (Å²) in [5, 5.41) is 18.8. The van der Waals surface area contributed by atoms with Gasteiger partial charge in [0.15, 0.2) is 0 Å². The normalized spacial score (nSPS) is 13.4. The van der Waals surface area contributed by atoms with E-state index in [4.69, 9.17) is 16.3 Å². The van der Waals surface area contributed by atoms with E-state index in [-0.39, 0.29) is 5.91 Å². The summed E-state index contributed by atoms with van der Waals surface area (Å²) in [7, 11) is 0.798. The molecular formula is C19H19BClN3O3. The van der Waals surface area contributed by atoms with Crippen LogP contribution in [0.15, 0.2) is 54.2 Å². The third-order valence-corrected chi connectivity index (χ3v) is 4.55. The second-order valence-corrected chi connectivity index (χ2v) is 6.44. The molecule has 0 aliphatic carbocycles. The van der Waals surface area contributed by atoms with Gasteiger partial charge in [-0.2, -0.15) is 5.10 Å². The molecule has 1 heterocycles. The number of rotatable bonds is 5. The highest BCUT2D eigenvalue weighted by molar-refractivity contribution is 6.61. The lowest BCUT2D eigenvalue weighted by Gasteiger charge is -2.20. The second-order valence-electron chi connectivity index (χ2n) is 6.03. The number of anilines is 2. The number of fused-ring (bicyclic) bond motifs is 1. The lowest BCUT2D eigenvalue weighted by molar-refractivity contribution is 0.102. The smallest absolute Gasteiger partial charge is 0.423 e. The molecule has 0 atom stereocenters. The number of amides is 1. The third kappa shape index (κ3) is 4.39. The molecule has 8 heteroatoms. The van der Waals surface area contributed by atoms with Crippen molar-refractivity contribution < 1.29 is 14.5 Å². The Morgan fingerprint density at radius 2 is 2.22 bits per heavy atom. The van der Waals surface area contributed by atoms with E-state index in [9.17, 15) is 9.82 Å². The summed E-state index contributed by atoms with van der Waals surface area (Å²) in [6.45, 7) is 4.05. The van der Waals surface area contributed by atoms with Gasteiger partial charge in [-0.15, -0.1) is 0 Å². The summed E-state index contributed by atoms with van der Waals surface area (Å²) in [5.74, 6) is -0.338. The Bertz CT molecular complexity index is 904. The van der Waals surface area contributed by atoms with Crippen LogP contribution in [0.5, 0.6) is 0 Å². The fraction of sp³-hybridized carbons (Fsp3) is 0.158. The van der Waals surface area contributed by atoms with Crippen molar-refractivity contribution in [2.45, 2.75) is 6.42 Å². The molecule has 1 amide bonds. The highest BCUT2D eigenvalue weighted by atomic mass is 35.5. The second kappa shape index (κ2) is 8.39. The molecule has 27 heavy (non-hydrogen) atoms. The summed E-state index contributed by atoms with van der Waals surface area (Å²) in [4.78, 5) is 12.6. The number of hydrazone groups is 1. The number of nitrogens with one attached hydrogen (secondary N) is 1. The van der Waals surface area contributed by atoms with Crippen LogP contribution in [0.2, 0.25) is 5.02 Å². The van der Waals surface area contributed by atoms with Crippen LogP contribution in [-0.4, -0.2) is 37.9 Å². The number of benzene rings is 2. The standard InChI is InChI=1S/C19H19BClN3O3/c1-3-9-22-24(2)15-6-7-16(18(21)12-15)19(25)23-14-5-4-13-8-10-27-20(26)17(13)11-14/h3-7,9,11-12,26H,1,8,10H2,2H3,(H,23,25). The van der Waals surface area contributed by atoms with Crippen molar-refractivity contribution in [3.63, 3.8) is 0 Å². The first-order valence-corrected chi connectivity index (χ1v) is 8.79. The van der Waals surface area contributed by atoms with E-state index >= 15 is 0 Å². The summed E-state index contributed by atoms with van der Waals surface area (Å²) >= 11 is 6.29. The molecule has 0 saturated heterocycles. The number of nitrogens with zero attached hydrogens (tertiary/aromatic N) is 2. The number of allylic oxidation sites excluding steroid dienone is 1. The monoisotopic (exact) mass is 383 g/mol. The van der Waals surface area contributed by atoms with Crippen molar-refractivity contribution >= 4 is 47.7 Å². The lowest BCUT2D eigenvalue weighted by Crippen LogP contribution is -2.41. The lowest BCUT2D eigenvalue weighted by atomic mass is 9.73. The molecule has 0 unspecified atom stereocenters. The van der Waals surface area contributed by atoms with Gasteiger partial charge in [0.25, 0.3) is 5.91 Å². The Labute approximate surface area is 163 Å². The molecule has 1 aliphatic rings. The summed E-state index contributed by atoms with van der Waals surface area (Å²) in [6.07, 6.45) is 3.86. The van der Waals surface area contributed by atoms with Gasteiger partial charge in [0.1, 0.15) is 0 Å². The third-order valence-electron chi connectivity index (χ3n) is 4.23. The van der Waals surface area contributed by atoms with Gasteiger partial charge in [-0.25, -0.2) is 0 Å². The van der Waals surface area contributed by atoms with Crippen LogP contribution in [-0.2, 0) is 11.1 Å². The van der Waals surface area contributed by atoms with Crippen LogP contribution in [0.3, 0.4) is 0 Å². The van der Waals surface area contributed by atoms with E-state index in [1.807, 2.05) is 6.07 Å². The first-order valence-electron chi connectivity index (χ1n) is 8.41. The van der Waals surface area contributed by atoms with Crippen molar-refractivity contribution in [3.05, 3.63) is 65.2 Å². The van der Waals surface area contributed by atoms with E-state index in [0.29, 0.717) is 28.3 Å². The van der Waals surface area contributed by atoms with Gasteiger partial charge in [-0.1, -0.05) is 24.2 Å². The van der Waals surface area contributed by atoms with Gasteiger partial charge in [0.2, 0.25) is 0 Å². The maximum atomic E-state index is 12.6. The average molecular weight is 384 g/mol. The Morgan fingerprint density at radius 1 is 1.41 bits per heavy atom. The highest BCUT2D eigenvalue weighted by Crippen LogP contribution is 2.24. The average Bonchev–Trinajstić information content (AvgIpc) is 2.66. The zero-order valence-corrected chi connectivity index (χ0v) is 15.6. The number of hydrogen-bond acceptors (Lipinski definition) is 5. The van der Waals surface area contributed by atoms with Crippen LogP contribution >= 0.6 is 11.6 Å². The zero-order valence-electron chi connectivity index (χ0n) is 14.9. The Balaban J connectivity index is 1.77. The van der Waals surface area contributed by atoms with E-state index in [2.05, 4.69) is 17.0 Å². The summed E-state index contributed by atoms with van der Waals surface area (Å²) in [6, 6.07) is 10.5. The number of carbonyl (C=O) groups excluding carboxylic acids is 1. The molecule has 2 N–H and O–H groups in total. The van der Waals surface area contributed by atoms with Crippen molar-refractivity contribution in [1.82, 2.24) is 0 Å². The fourth-order valence-corrected chi connectivity index (χ4v) is 3.06. The van der Waals surface area contributed by atoms with Crippen LogP contribution < -0.4 is 15.8 Å². The molecule has 0 radical (unpaired) electrons. The highest BCUT2D eigenvalue weighted by Gasteiger charge is 2.25. The molecule has 6 nitrogen and oxygen atoms in total. The molecule has 0 saturated carbocycles. The molecular weight excluding hydrogens is 364 g/mol. The topological polar surface area (TPSA) is 74.2 Å². The van der Waals surface area contributed by atoms with Crippen LogP contribution in [0, 0.1) is 0 Å². The first kappa shape index (κ1) is 19.2. The molecule has 0 aromatic heterocycles. The Morgan fingerprint density at radius 3 is 2.96 bits per heavy atom. The van der Waals surface area contributed by atoms with Crippen LogP contribution in [0.25, 0.3) is 0 Å². The van der Waals surface area contributed by atoms with Gasteiger partial charge >= 0.3 is 7.12 Å². The molecule has 1 aliphatic heterocycles. The van der Waals surface area contributed by atoms with E-state index < -0.39 is 7.12 Å².